The Kier molecular flexibility index (Phi) is 6.83. The number of fused-ring (bicyclic) bond motifs is 9. The second-order valence-corrected chi connectivity index (χ2v) is 14.4. The van der Waals surface area contributed by atoms with Gasteiger partial charge in [-0.3, -0.25) is 0 Å². The van der Waals surface area contributed by atoms with Crippen LogP contribution in [0.25, 0.3) is 122 Å². The Morgan fingerprint density at radius 3 is 1.51 bits per heavy atom. The fraction of sp³-hybridized carbons (Fsp3) is 0. The van der Waals surface area contributed by atoms with E-state index in [9.17, 15) is 0 Å². The highest BCUT2D eigenvalue weighted by Gasteiger charge is 2.19. The smallest absolute Gasteiger partial charge is 0.167 e. The summed E-state index contributed by atoms with van der Waals surface area (Å²) in [7, 11) is 0. The van der Waals surface area contributed by atoms with E-state index >= 15 is 0 Å². The molecule has 8 aromatic carbocycles. The summed E-state index contributed by atoms with van der Waals surface area (Å²) in [6.07, 6.45) is 0. The van der Waals surface area contributed by atoms with Crippen molar-refractivity contribution in [2.75, 3.05) is 0 Å². The summed E-state index contributed by atoms with van der Waals surface area (Å²) in [5.41, 5.74) is 11.8. The molecule has 12 rings (SSSR count). The average molecular weight is 732 g/mol. The minimum Gasteiger partial charge on any atom is -0.456 e. The van der Waals surface area contributed by atoms with Crippen LogP contribution < -0.4 is 0 Å². The summed E-state index contributed by atoms with van der Waals surface area (Å²) in [6, 6.07) is 60.0. The van der Waals surface area contributed by atoms with Gasteiger partial charge in [-0.2, -0.15) is 0 Å². The van der Waals surface area contributed by atoms with Crippen LogP contribution in [0, 0.1) is 0 Å². The van der Waals surface area contributed by atoms with Crippen LogP contribution in [0.4, 0.5) is 0 Å². The highest BCUT2D eigenvalue weighted by atomic mass is 16.3. The summed E-state index contributed by atoms with van der Waals surface area (Å²) in [5.74, 6) is 1.73. The average Bonchev–Trinajstić information content (AvgIpc) is 3.96. The third kappa shape index (κ3) is 5.15. The van der Waals surface area contributed by atoms with Crippen molar-refractivity contribution in [3.8, 4) is 56.4 Å². The topological polar surface area (TPSA) is 78.1 Å². The third-order valence-electron chi connectivity index (χ3n) is 10.9. The van der Waals surface area contributed by atoms with E-state index in [-0.39, 0.29) is 0 Å². The van der Waals surface area contributed by atoms with Crippen molar-refractivity contribution in [1.82, 2.24) is 15.0 Å². The van der Waals surface area contributed by atoms with Crippen molar-refractivity contribution in [3.05, 3.63) is 176 Å². The first-order valence-electron chi connectivity index (χ1n) is 18.9. The van der Waals surface area contributed by atoms with E-state index in [0.29, 0.717) is 17.5 Å². The lowest BCUT2D eigenvalue weighted by atomic mass is 9.97. The molecule has 0 atom stereocenters. The van der Waals surface area contributed by atoms with Crippen LogP contribution in [0.1, 0.15) is 0 Å². The number of aromatic nitrogens is 3. The zero-order valence-electron chi connectivity index (χ0n) is 30.3. The highest BCUT2D eigenvalue weighted by molar-refractivity contribution is 6.15. The van der Waals surface area contributed by atoms with Crippen molar-refractivity contribution < 1.29 is 13.3 Å². The predicted molar refractivity (Wildman–Crippen MR) is 229 cm³/mol. The van der Waals surface area contributed by atoms with Gasteiger partial charge in [-0.1, -0.05) is 121 Å². The van der Waals surface area contributed by atoms with Gasteiger partial charge in [-0.15, -0.1) is 0 Å². The molecular weight excluding hydrogens is 703 g/mol. The molecule has 0 fully saturated rings. The minimum atomic E-state index is 0.554. The number of rotatable bonds is 5. The minimum absolute atomic E-state index is 0.554. The number of furan rings is 3. The van der Waals surface area contributed by atoms with E-state index in [1.165, 1.54) is 0 Å². The van der Waals surface area contributed by atoms with Gasteiger partial charge in [0.25, 0.3) is 0 Å². The number of para-hydroxylation sites is 3. The Bertz CT molecular complexity index is 3540. The van der Waals surface area contributed by atoms with E-state index < -0.39 is 0 Å². The van der Waals surface area contributed by atoms with Gasteiger partial charge >= 0.3 is 0 Å². The van der Waals surface area contributed by atoms with E-state index in [1.807, 2.05) is 84.9 Å². The Labute approximate surface area is 325 Å². The van der Waals surface area contributed by atoms with Gasteiger partial charge in [0, 0.05) is 49.5 Å². The maximum Gasteiger partial charge on any atom is 0.167 e. The van der Waals surface area contributed by atoms with Crippen LogP contribution in [-0.2, 0) is 0 Å². The second-order valence-electron chi connectivity index (χ2n) is 14.4. The first kappa shape index (κ1) is 31.5. The summed E-state index contributed by atoms with van der Waals surface area (Å²) >= 11 is 0. The summed E-state index contributed by atoms with van der Waals surface area (Å²) in [4.78, 5) is 15.1. The van der Waals surface area contributed by atoms with Gasteiger partial charge < -0.3 is 13.3 Å². The number of hydrogen-bond donors (Lipinski definition) is 0. The largest absolute Gasteiger partial charge is 0.456 e. The Morgan fingerprint density at radius 1 is 0.263 bits per heavy atom. The molecule has 0 saturated carbocycles. The lowest BCUT2D eigenvalue weighted by Gasteiger charge is -2.10. The molecule has 0 aliphatic carbocycles. The lowest BCUT2D eigenvalue weighted by Crippen LogP contribution is -2.00. The van der Waals surface area contributed by atoms with Crippen molar-refractivity contribution in [1.29, 1.82) is 0 Å². The van der Waals surface area contributed by atoms with Crippen LogP contribution in [0.5, 0.6) is 0 Å². The second kappa shape index (κ2) is 12.3. The Hall–Kier alpha value is -7.83. The number of benzene rings is 8. The van der Waals surface area contributed by atoms with Crippen LogP contribution in [0.15, 0.2) is 189 Å². The van der Waals surface area contributed by atoms with Gasteiger partial charge in [0.05, 0.1) is 5.56 Å². The molecule has 4 heterocycles. The quantitative estimate of drug-likeness (QED) is 0.175. The third-order valence-corrected chi connectivity index (χ3v) is 10.9. The normalized spacial score (nSPS) is 11.9. The molecule has 0 unspecified atom stereocenters. The van der Waals surface area contributed by atoms with Crippen molar-refractivity contribution in [2.24, 2.45) is 0 Å². The highest BCUT2D eigenvalue weighted by Crippen LogP contribution is 2.39. The van der Waals surface area contributed by atoms with Gasteiger partial charge in [-0.25, -0.2) is 15.0 Å². The molecule has 57 heavy (non-hydrogen) atoms. The molecule has 0 aliphatic rings. The predicted octanol–water partition coefficient (Wildman–Crippen LogP) is 13.9. The molecule has 0 saturated heterocycles. The fourth-order valence-corrected chi connectivity index (χ4v) is 8.16. The first-order valence-corrected chi connectivity index (χ1v) is 18.9. The maximum absolute atomic E-state index is 6.44. The van der Waals surface area contributed by atoms with Crippen LogP contribution in [-0.4, -0.2) is 15.0 Å². The van der Waals surface area contributed by atoms with Gasteiger partial charge in [0.2, 0.25) is 0 Å². The molecule has 0 spiro atoms. The van der Waals surface area contributed by atoms with Gasteiger partial charge in [0.15, 0.2) is 17.5 Å². The summed E-state index contributed by atoms with van der Waals surface area (Å²) in [5, 5.41) is 6.43. The maximum atomic E-state index is 6.44. The van der Waals surface area contributed by atoms with E-state index in [2.05, 4.69) is 91.0 Å². The van der Waals surface area contributed by atoms with Crippen molar-refractivity contribution in [2.45, 2.75) is 0 Å². The molecule has 6 nitrogen and oxygen atoms in total. The van der Waals surface area contributed by atoms with Crippen molar-refractivity contribution in [3.63, 3.8) is 0 Å². The SMILES string of the molecule is c1ccc(-c2nc(-c3cccc(-c4cccc(-c5ccc6c(c5)oc5cc7oc8ccccc8c7cc56)c4)c3)nc(-c3cccc4c3oc3ccccc34)n2)cc1. The Balaban J connectivity index is 0.938. The van der Waals surface area contributed by atoms with Gasteiger partial charge in [-0.05, 0) is 70.8 Å². The summed E-state index contributed by atoms with van der Waals surface area (Å²) < 4.78 is 19.0. The molecule has 0 radical (unpaired) electrons. The van der Waals surface area contributed by atoms with Gasteiger partial charge in [0.1, 0.15) is 33.5 Å². The summed E-state index contributed by atoms with van der Waals surface area (Å²) in [6.45, 7) is 0. The molecule has 0 amide bonds. The number of nitrogens with zero attached hydrogens (tertiary/aromatic N) is 3. The van der Waals surface area contributed by atoms with Crippen LogP contribution in [0.2, 0.25) is 0 Å². The van der Waals surface area contributed by atoms with E-state index in [4.69, 9.17) is 28.2 Å². The molecule has 4 aromatic heterocycles. The molecule has 0 aliphatic heterocycles. The lowest BCUT2D eigenvalue weighted by molar-refractivity contribution is 0.656. The molecule has 0 bridgehead atoms. The molecule has 6 heteroatoms. The van der Waals surface area contributed by atoms with E-state index in [1.54, 1.807) is 0 Å². The zero-order chi connectivity index (χ0) is 37.5. The fourth-order valence-electron chi connectivity index (χ4n) is 8.16. The molecule has 266 valence electrons. The number of hydrogen-bond acceptors (Lipinski definition) is 6. The van der Waals surface area contributed by atoms with Crippen molar-refractivity contribution >= 4 is 65.8 Å². The molecule has 12 aromatic rings. The van der Waals surface area contributed by atoms with E-state index in [0.717, 1.165) is 105 Å². The van der Waals surface area contributed by atoms with Crippen LogP contribution >= 0.6 is 0 Å². The Morgan fingerprint density at radius 2 is 0.754 bits per heavy atom. The standard InChI is InChI=1S/C51H29N3O3/c1-2-11-30(12-3-1)49-52-50(54-51(53-49)40-20-10-19-39-36-17-4-7-22-44(36)57-48(39)40)35-16-9-15-33(26-35)31-13-8-14-32(25-31)34-23-24-38-42-28-41-37-18-5-6-21-43(37)55-46(41)29-47(42)56-45(38)27-34/h1-29H. The monoisotopic (exact) mass is 731 g/mol. The molecular formula is C51H29N3O3. The van der Waals surface area contributed by atoms with Crippen LogP contribution in [0.3, 0.4) is 0 Å². The zero-order valence-corrected chi connectivity index (χ0v) is 30.3. The first-order chi connectivity index (χ1) is 28.2. The molecule has 0 N–H and O–H groups in total.